The van der Waals surface area contributed by atoms with E-state index in [0.717, 1.165) is 11.8 Å². The Morgan fingerprint density at radius 1 is 1.40 bits per heavy atom. The summed E-state index contributed by atoms with van der Waals surface area (Å²) in [6.07, 6.45) is 1.15. The first-order valence-corrected chi connectivity index (χ1v) is 6.48. The van der Waals surface area contributed by atoms with Crippen molar-refractivity contribution < 1.29 is 13.5 Å². The average Bonchev–Trinajstić information content (AvgIpc) is 2.10. The van der Waals surface area contributed by atoms with Crippen molar-refractivity contribution in [2.75, 3.05) is 17.1 Å². The van der Waals surface area contributed by atoms with Crippen LogP contribution >= 0.6 is 0 Å². The molecule has 0 aliphatic heterocycles. The zero-order valence-electron chi connectivity index (χ0n) is 9.06. The number of nitrogens with zero attached hydrogens (tertiary/aromatic N) is 1. The Bertz CT molecular complexity index is 454. The van der Waals surface area contributed by atoms with Gasteiger partial charge in [-0.1, -0.05) is 6.07 Å². The lowest BCUT2D eigenvalue weighted by Gasteiger charge is -2.22. The van der Waals surface area contributed by atoms with Crippen LogP contribution in [0.3, 0.4) is 0 Å². The zero-order chi connectivity index (χ0) is 11.6. The van der Waals surface area contributed by atoms with Crippen molar-refractivity contribution >= 4 is 15.7 Å². The number of hydrogen-bond donors (Lipinski definition) is 1. The molecule has 0 atom stereocenters. The van der Waals surface area contributed by atoms with Crippen molar-refractivity contribution in [3.63, 3.8) is 0 Å². The summed E-state index contributed by atoms with van der Waals surface area (Å²) in [6.45, 7) is 3.91. The molecule has 0 radical (unpaired) electrons. The monoisotopic (exact) mass is 229 g/mol. The van der Waals surface area contributed by atoms with Gasteiger partial charge in [-0.2, -0.15) is 0 Å². The van der Waals surface area contributed by atoms with Crippen molar-refractivity contribution in [1.82, 2.24) is 0 Å². The quantitative estimate of drug-likeness (QED) is 0.854. The smallest absolute Gasteiger partial charge is 0.232 e. The van der Waals surface area contributed by atoms with Gasteiger partial charge in [0.25, 0.3) is 0 Å². The number of sulfonamides is 1. The Kier molecular flexibility index (Phi) is 3.24. The molecular formula is C10H15NO3S. The lowest BCUT2D eigenvalue weighted by molar-refractivity contribution is 0.475. The first-order chi connectivity index (χ1) is 6.86. The Balaban J connectivity index is 3.30. The molecule has 0 bridgehead atoms. The molecule has 0 saturated heterocycles. The molecule has 0 heterocycles. The molecule has 4 nitrogen and oxygen atoms in total. The van der Waals surface area contributed by atoms with Crippen molar-refractivity contribution in [2.24, 2.45) is 0 Å². The van der Waals surface area contributed by atoms with E-state index in [4.69, 9.17) is 0 Å². The van der Waals surface area contributed by atoms with E-state index in [-0.39, 0.29) is 5.75 Å². The number of phenols is 1. The molecule has 1 aromatic rings. The maximum atomic E-state index is 11.5. The van der Waals surface area contributed by atoms with Gasteiger partial charge >= 0.3 is 0 Å². The Morgan fingerprint density at radius 2 is 2.00 bits per heavy atom. The van der Waals surface area contributed by atoms with E-state index in [2.05, 4.69) is 0 Å². The minimum atomic E-state index is -3.29. The van der Waals surface area contributed by atoms with Gasteiger partial charge in [0.1, 0.15) is 5.75 Å². The van der Waals surface area contributed by atoms with Crippen LogP contribution in [0.2, 0.25) is 0 Å². The van der Waals surface area contributed by atoms with Crippen LogP contribution in [0.15, 0.2) is 18.2 Å². The summed E-state index contributed by atoms with van der Waals surface area (Å²) in [6, 6.07) is 4.69. The third-order valence-electron chi connectivity index (χ3n) is 2.15. The van der Waals surface area contributed by atoms with Gasteiger partial charge in [0.15, 0.2) is 0 Å². The molecule has 15 heavy (non-hydrogen) atoms. The third kappa shape index (κ3) is 2.62. The fraction of sp³-hybridized carbons (Fsp3) is 0.400. The van der Waals surface area contributed by atoms with Gasteiger partial charge in [0, 0.05) is 12.6 Å². The van der Waals surface area contributed by atoms with E-state index < -0.39 is 10.0 Å². The average molecular weight is 229 g/mol. The highest BCUT2D eigenvalue weighted by Gasteiger charge is 2.17. The van der Waals surface area contributed by atoms with Crippen LogP contribution in [-0.2, 0) is 10.0 Å². The molecule has 0 fully saturated rings. The minimum Gasteiger partial charge on any atom is -0.508 e. The summed E-state index contributed by atoms with van der Waals surface area (Å²) in [5, 5.41) is 9.33. The highest BCUT2D eigenvalue weighted by Crippen LogP contribution is 2.26. The van der Waals surface area contributed by atoms with Crippen LogP contribution in [-0.4, -0.2) is 26.3 Å². The summed E-state index contributed by atoms with van der Waals surface area (Å²) in [5.74, 6) is 0.0673. The van der Waals surface area contributed by atoms with Gasteiger partial charge < -0.3 is 5.11 Å². The summed E-state index contributed by atoms with van der Waals surface area (Å²) in [5.41, 5.74) is 1.35. The fourth-order valence-corrected chi connectivity index (χ4v) is 2.47. The normalized spacial score (nSPS) is 11.4. The maximum Gasteiger partial charge on any atom is 0.232 e. The number of anilines is 1. The molecule has 5 heteroatoms. The number of phenolic OH excluding ortho intramolecular Hbond substituents is 1. The molecule has 1 rings (SSSR count). The summed E-state index contributed by atoms with van der Waals surface area (Å²) < 4.78 is 24.2. The van der Waals surface area contributed by atoms with Crippen molar-refractivity contribution in [3.8, 4) is 5.75 Å². The van der Waals surface area contributed by atoms with E-state index in [1.165, 1.54) is 16.4 Å². The van der Waals surface area contributed by atoms with Gasteiger partial charge in [-0.25, -0.2) is 8.42 Å². The van der Waals surface area contributed by atoms with E-state index in [0.29, 0.717) is 12.2 Å². The molecule has 0 aliphatic rings. The second-order valence-electron chi connectivity index (χ2n) is 3.40. The molecule has 0 saturated carbocycles. The number of aryl methyl sites for hydroxylation is 1. The molecule has 0 spiro atoms. The summed E-state index contributed by atoms with van der Waals surface area (Å²) in [4.78, 5) is 0. The van der Waals surface area contributed by atoms with Gasteiger partial charge in [0.2, 0.25) is 10.0 Å². The Morgan fingerprint density at radius 3 is 2.47 bits per heavy atom. The first-order valence-electron chi connectivity index (χ1n) is 4.63. The summed E-state index contributed by atoms with van der Waals surface area (Å²) in [7, 11) is -3.29. The van der Waals surface area contributed by atoms with E-state index in [1.807, 2.05) is 6.92 Å². The number of hydrogen-bond acceptors (Lipinski definition) is 3. The van der Waals surface area contributed by atoms with Crippen LogP contribution in [0.4, 0.5) is 5.69 Å². The van der Waals surface area contributed by atoms with Crippen molar-refractivity contribution in [3.05, 3.63) is 23.8 Å². The Hall–Kier alpha value is -1.23. The zero-order valence-corrected chi connectivity index (χ0v) is 9.87. The molecule has 0 unspecified atom stereocenters. The Labute approximate surface area is 90.2 Å². The van der Waals surface area contributed by atoms with Crippen LogP contribution in [0.5, 0.6) is 5.75 Å². The second kappa shape index (κ2) is 4.10. The van der Waals surface area contributed by atoms with Gasteiger partial charge in [-0.15, -0.1) is 0 Å². The predicted octanol–water partition coefficient (Wildman–Crippen LogP) is 1.49. The summed E-state index contributed by atoms with van der Waals surface area (Å²) >= 11 is 0. The van der Waals surface area contributed by atoms with Gasteiger partial charge in [0.05, 0.1) is 11.9 Å². The molecule has 1 N–H and O–H groups in total. The number of rotatable bonds is 3. The SMILES string of the molecule is CCN(c1cc(O)ccc1C)S(C)(=O)=O. The molecule has 0 amide bonds. The van der Waals surface area contributed by atoms with Crippen LogP contribution in [0, 0.1) is 6.92 Å². The second-order valence-corrected chi connectivity index (χ2v) is 5.31. The predicted molar refractivity (Wildman–Crippen MR) is 60.7 cm³/mol. The topological polar surface area (TPSA) is 57.6 Å². The lowest BCUT2D eigenvalue weighted by Crippen LogP contribution is -2.29. The maximum absolute atomic E-state index is 11.5. The molecule has 1 aromatic carbocycles. The van der Waals surface area contributed by atoms with Crippen LogP contribution in [0.1, 0.15) is 12.5 Å². The van der Waals surface area contributed by atoms with E-state index in [9.17, 15) is 13.5 Å². The number of aromatic hydroxyl groups is 1. The molecule has 84 valence electrons. The molecular weight excluding hydrogens is 214 g/mol. The van der Waals surface area contributed by atoms with E-state index in [1.54, 1.807) is 13.0 Å². The van der Waals surface area contributed by atoms with Crippen molar-refractivity contribution in [2.45, 2.75) is 13.8 Å². The van der Waals surface area contributed by atoms with Crippen LogP contribution in [0.25, 0.3) is 0 Å². The van der Waals surface area contributed by atoms with Gasteiger partial charge in [-0.05, 0) is 25.5 Å². The largest absolute Gasteiger partial charge is 0.508 e. The fourth-order valence-electron chi connectivity index (χ4n) is 1.45. The van der Waals surface area contributed by atoms with Crippen LogP contribution < -0.4 is 4.31 Å². The molecule has 0 aromatic heterocycles. The van der Waals surface area contributed by atoms with Crippen molar-refractivity contribution in [1.29, 1.82) is 0 Å². The van der Waals surface area contributed by atoms with E-state index >= 15 is 0 Å². The molecule has 0 aliphatic carbocycles. The first kappa shape index (κ1) is 11.8. The number of benzene rings is 1. The highest BCUT2D eigenvalue weighted by atomic mass is 32.2. The third-order valence-corrected chi connectivity index (χ3v) is 3.40. The van der Waals surface area contributed by atoms with Gasteiger partial charge in [-0.3, -0.25) is 4.31 Å². The minimum absolute atomic E-state index is 0.0673. The lowest BCUT2D eigenvalue weighted by atomic mass is 10.2. The standard InChI is InChI=1S/C10H15NO3S/c1-4-11(15(3,13)14)10-7-9(12)6-5-8(10)2/h5-7,12H,4H2,1-3H3. The highest BCUT2D eigenvalue weighted by molar-refractivity contribution is 7.92.